The second-order valence-corrected chi connectivity index (χ2v) is 4.36. The topological polar surface area (TPSA) is 36.4 Å². The second kappa shape index (κ2) is 5.01. The molecule has 16 heavy (non-hydrogen) atoms. The molecule has 0 spiro atoms. The highest BCUT2D eigenvalue weighted by atomic mass is 15.2. The predicted octanol–water partition coefficient (Wildman–Crippen LogP) is 1.86. The third-order valence-electron chi connectivity index (χ3n) is 2.80. The lowest BCUT2D eigenvalue weighted by molar-refractivity contribution is 0.806. The van der Waals surface area contributed by atoms with Gasteiger partial charge in [0.1, 0.15) is 0 Å². The molecule has 3 heteroatoms. The predicted molar refractivity (Wildman–Crippen MR) is 67.7 cm³/mol. The molecular formula is C13H19N3. The van der Waals surface area contributed by atoms with Crippen molar-refractivity contribution in [3.8, 4) is 0 Å². The normalized spacial score (nSPS) is 14.8. The maximum Gasteiger partial charge on any atom is 0.191 e. The van der Waals surface area contributed by atoms with E-state index in [1.807, 2.05) is 0 Å². The monoisotopic (exact) mass is 217 g/mol. The molecule has 1 aliphatic heterocycles. The van der Waals surface area contributed by atoms with E-state index in [0.717, 1.165) is 25.6 Å². The Morgan fingerprint density at radius 2 is 2.19 bits per heavy atom. The zero-order valence-electron chi connectivity index (χ0n) is 9.96. The van der Waals surface area contributed by atoms with Gasteiger partial charge < -0.3 is 10.6 Å². The molecule has 1 aromatic rings. The lowest BCUT2D eigenvalue weighted by Gasteiger charge is -2.13. The Labute approximate surface area is 97.0 Å². The van der Waals surface area contributed by atoms with Crippen molar-refractivity contribution in [2.24, 2.45) is 4.99 Å². The van der Waals surface area contributed by atoms with Gasteiger partial charge in [0.15, 0.2) is 5.96 Å². The third kappa shape index (κ3) is 2.54. The summed E-state index contributed by atoms with van der Waals surface area (Å²) in [5.74, 6) is 1.50. The van der Waals surface area contributed by atoms with Gasteiger partial charge in [-0.15, -0.1) is 0 Å². The summed E-state index contributed by atoms with van der Waals surface area (Å²) in [4.78, 5) is 4.32. The summed E-state index contributed by atoms with van der Waals surface area (Å²) in [6, 6.07) is 8.57. The van der Waals surface area contributed by atoms with Gasteiger partial charge >= 0.3 is 0 Å². The molecule has 0 aromatic heterocycles. The molecule has 0 saturated carbocycles. The van der Waals surface area contributed by atoms with Crippen LogP contribution in [0.3, 0.4) is 0 Å². The number of hydrogen-bond donors (Lipinski definition) is 2. The summed E-state index contributed by atoms with van der Waals surface area (Å²) in [6.07, 6.45) is 0. The van der Waals surface area contributed by atoms with Crippen molar-refractivity contribution < 1.29 is 0 Å². The van der Waals surface area contributed by atoms with Crippen molar-refractivity contribution in [1.29, 1.82) is 0 Å². The summed E-state index contributed by atoms with van der Waals surface area (Å²) in [5.41, 5.74) is 2.77. The van der Waals surface area contributed by atoms with Crippen molar-refractivity contribution in [1.82, 2.24) is 10.6 Å². The Balaban J connectivity index is 2.03. The van der Waals surface area contributed by atoms with Gasteiger partial charge in [0, 0.05) is 13.1 Å². The van der Waals surface area contributed by atoms with E-state index in [1.165, 1.54) is 11.1 Å². The highest BCUT2D eigenvalue weighted by Crippen LogP contribution is 2.18. The van der Waals surface area contributed by atoms with Gasteiger partial charge in [-0.2, -0.15) is 0 Å². The van der Waals surface area contributed by atoms with Crippen LogP contribution in [0.1, 0.15) is 30.9 Å². The standard InChI is InChI=1S/C13H19N3/c1-10(2)12-6-4-3-5-11(12)9-16-13-14-7-8-15-13/h3-6,10H,7-9H2,1-2H3,(H2,14,15,16). The molecule has 0 bridgehead atoms. The molecule has 0 atom stereocenters. The average Bonchev–Trinajstić information content (AvgIpc) is 2.79. The molecule has 0 saturated heterocycles. The fraction of sp³-hybridized carbons (Fsp3) is 0.462. The lowest BCUT2D eigenvalue weighted by Crippen LogP contribution is -2.33. The smallest absolute Gasteiger partial charge is 0.191 e. The molecule has 86 valence electrons. The van der Waals surface area contributed by atoms with Crippen molar-refractivity contribution in [2.75, 3.05) is 13.1 Å². The van der Waals surface area contributed by atoms with Crippen LogP contribution < -0.4 is 10.6 Å². The molecule has 2 N–H and O–H groups in total. The SMILES string of the molecule is CC(C)c1ccccc1CNC1=NCCN1. The fourth-order valence-corrected chi connectivity index (χ4v) is 1.95. The van der Waals surface area contributed by atoms with E-state index in [0.29, 0.717) is 5.92 Å². The molecule has 1 aromatic carbocycles. The van der Waals surface area contributed by atoms with E-state index in [1.54, 1.807) is 0 Å². The van der Waals surface area contributed by atoms with E-state index in [9.17, 15) is 0 Å². The molecule has 0 fully saturated rings. The molecule has 1 heterocycles. The Bertz CT molecular complexity index is 383. The van der Waals surface area contributed by atoms with E-state index >= 15 is 0 Å². The second-order valence-electron chi connectivity index (χ2n) is 4.36. The van der Waals surface area contributed by atoms with E-state index in [4.69, 9.17) is 0 Å². The van der Waals surface area contributed by atoms with Crippen LogP contribution in [0.25, 0.3) is 0 Å². The Kier molecular flexibility index (Phi) is 3.44. The first-order chi connectivity index (χ1) is 7.77. The minimum Gasteiger partial charge on any atom is -0.355 e. The number of benzene rings is 1. The minimum absolute atomic E-state index is 0.566. The van der Waals surface area contributed by atoms with Gasteiger partial charge in [-0.1, -0.05) is 38.1 Å². The van der Waals surface area contributed by atoms with Gasteiger partial charge in [0.05, 0.1) is 6.54 Å². The number of nitrogens with one attached hydrogen (secondary N) is 2. The molecule has 0 amide bonds. The number of aliphatic imine (C=N–C) groups is 1. The van der Waals surface area contributed by atoms with E-state index in [2.05, 4.69) is 53.7 Å². The number of guanidine groups is 1. The molecule has 0 aliphatic carbocycles. The van der Waals surface area contributed by atoms with E-state index < -0.39 is 0 Å². The van der Waals surface area contributed by atoms with Gasteiger partial charge in [0.2, 0.25) is 0 Å². The van der Waals surface area contributed by atoms with Crippen LogP contribution in [0.2, 0.25) is 0 Å². The maximum atomic E-state index is 4.32. The highest BCUT2D eigenvalue weighted by molar-refractivity contribution is 5.81. The van der Waals surface area contributed by atoms with Crippen LogP contribution >= 0.6 is 0 Å². The lowest BCUT2D eigenvalue weighted by atomic mass is 9.97. The van der Waals surface area contributed by atoms with Crippen LogP contribution in [-0.2, 0) is 6.54 Å². The number of rotatable bonds is 3. The maximum absolute atomic E-state index is 4.32. The quantitative estimate of drug-likeness (QED) is 0.810. The third-order valence-corrected chi connectivity index (χ3v) is 2.80. The summed E-state index contributed by atoms with van der Waals surface area (Å²) < 4.78 is 0. The fourth-order valence-electron chi connectivity index (χ4n) is 1.95. The zero-order valence-corrected chi connectivity index (χ0v) is 9.96. The van der Waals surface area contributed by atoms with Crippen molar-refractivity contribution in [3.05, 3.63) is 35.4 Å². The van der Waals surface area contributed by atoms with Gasteiger partial charge in [0.25, 0.3) is 0 Å². The minimum atomic E-state index is 0.566. The van der Waals surface area contributed by atoms with Crippen LogP contribution in [-0.4, -0.2) is 19.0 Å². The Hall–Kier alpha value is -1.51. The summed E-state index contributed by atoms with van der Waals surface area (Å²) in [5, 5.41) is 6.55. The van der Waals surface area contributed by atoms with Crippen LogP contribution in [0, 0.1) is 0 Å². The Morgan fingerprint density at radius 1 is 1.38 bits per heavy atom. The average molecular weight is 217 g/mol. The summed E-state index contributed by atoms with van der Waals surface area (Å²) in [7, 11) is 0. The van der Waals surface area contributed by atoms with Gasteiger partial charge in [-0.05, 0) is 17.0 Å². The van der Waals surface area contributed by atoms with Gasteiger partial charge in [-0.3, -0.25) is 4.99 Å². The van der Waals surface area contributed by atoms with Crippen molar-refractivity contribution in [2.45, 2.75) is 26.3 Å². The molecule has 3 nitrogen and oxygen atoms in total. The summed E-state index contributed by atoms with van der Waals surface area (Å²) >= 11 is 0. The summed E-state index contributed by atoms with van der Waals surface area (Å²) in [6.45, 7) is 7.14. The Morgan fingerprint density at radius 3 is 2.88 bits per heavy atom. The molecule has 0 radical (unpaired) electrons. The molecule has 2 rings (SSSR count). The van der Waals surface area contributed by atoms with Crippen molar-refractivity contribution in [3.63, 3.8) is 0 Å². The first-order valence-electron chi connectivity index (χ1n) is 5.87. The number of nitrogens with zero attached hydrogens (tertiary/aromatic N) is 1. The first-order valence-corrected chi connectivity index (χ1v) is 5.87. The molecule has 0 unspecified atom stereocenters. The van der Waals surface area contributed by atoms with Crippen molar-refractivity contribution >= 4 is 5.96 Å². The van der Waals surface area contributed by atoms with E-state index in [-0.39, 0.29) is 0 Å². The molecular weight excluding hydrogens is 198 g/mol. The zero-order chi connectivity index (χ0) is 11.4. The van der Waals surface area contributed by atoms with Crippen LogP contribution in [0.15, 0.2) is 29.3 Å². The van der Waals surface area contributed by atoms with Crippen LogP contribution in [0.5, 0.6) is 0 Å². The van der Waals surface area contributed by atoms with Gasteiger partial charge in [-0.25, -0.2) is 0 Å². The molecule has 1 aliphatic rings. The number of hydrogen-bond acceptors (Lipinski definition) is 3. The van der Waals surface area contributed by atoms with Crippen LogP contribution in [0.4, 0.5) is 0 Å². The first kappa shape index (κ1) is 11.0. The largest absolute Gasteiger partial charge is 0.355 e. The highest BCUT2D eigenvalue weighted by Gasteiger charge is 2.07.